The first-order chi connectivity index (χ1) is 13.6. The number of amides is 3. The van der Waals surface area contributed by atoms with Crippen LogP contribution in [0.5, 0.6) is 0 Å². The molecule has 158 valence electrons. The summed E-state index contributed by atoms with van der Waals surface area (Å²) in [6.07, 6.45) is 2.38. The lowest BCUT2D eigenvalue weighted by atomic mass is 9.82. The van der Waals surface area contributed by atoms with Crippen molar-refractivity contribution in [2.24, 2.45) is 5.92 Å². The van der Waals surface area contributed by atoms with E-state index in [0.29, 0.717) is 52.5 Å². The van der Waals surface area contributed by atoms with Crippen LogP contribution in [0.4, 0.5) is 4.79 Å². The SMILES string of the molecule is CCCO[C@@H]1CC[C@H](C(=O)N2CCOCC2)C[C@H]1NC(=O)CN1CCOC1=O. The van der Waals surface area contributed by atoms with Gasteiger partial charge in [-0.05, 0) is 25.7 Å². The molecular weight excluding hydrogens is 366 g/mol. The van der Waals surface area contributed by atoms with Gasteiger partial charge in [-0.3, -0.25) is 14.5 Å². The molecule has 0 aromatic carbocycles. The quantitative estimate of drug-likeness (QED) is 0.667. The monoisotopic (exact) mass is 397 g/mol. The predicted molar refractivity (Wildman–Crippen MR) is 99.6 cm³/mol. The summed E-state index contributed by atoms with van der Waals surface area (Å²) < 4.78 is 16.1. The van der Waals surface area contributed by atoms with Crippen LogP contribution in [0, 0.1) is 5.92 Å². The maximum Gasteiger partial charge on any atom is 0.410 e. The number of carbonyl (C=O) groups excluding carboxylic acids is 3. The summed E-state index contributed by atoms with van der Waals surface area (Å²) in [5, 5.41) is 3.00. The van der Waals surface area contributed by atoms with E-state index in [0.717, 1.165) is 19.3 Å². The summed E-state index contributed by atoms with van der Waals surface area (Å²) in [6, 6.07) is -0.235. The number of nitrogens with one attached hydrogen (secondary N) is 1. The molecule has 3 atom stereocenters. The molecule has 3 rings (SSSR count). The molecule has 3 aliphatic rings. The summed E-state index contributed by atoms with van der Waals surface area (Å²) >= 11 is 0. The molecule has 0 spiro atoms. The Kier molecular flexibility index (Phi) is 7.50. The first-order valence-corrected chi connectivity index (χ1v) is 10.3. The van der Waals surface area contributed by atoms with Gasteiger partial charge >= 0.3 is 6.09 Å². The van der Waals surface area contributed by atoms with E-state index in [9.17, 15) is 14.4 Å². The van der Waals surface area contributed by atoms with Gasteiger partial charge in [-0.1, -0.05) is 6.92 Å². The third-order valence-electron chi connectivity index (χ3n) is 5.52. The number of carbonyl (C=O) groups is 3. The van der Waals surface area contributed by atoms with Gasteiger partial charge in [0.05, 0.1) is 31.9 Å². The zero-order valence-corrected chi connectivity index (χ0v) is 16.6. The van der Waals surface area contributed by atoms with E-state index in [2.05, 4.69) is 5.32 Å². The third-order valence-corrected chi connectivity index (χ3v) is 5.52. The van der Waals surface area contributed by atoms with E-state index in [4.69, 9.17) is 14.2 Å². The minimum atomic E-state index is -0.460. The third kappa shape index (κ3) is 5.35. The fourth-order valence-electron chi connectivity index (χ4n) is 4.02. The molecule has 0 aromatic heterocycles. The normalized spacial score (nSPS) is 28.2. The van der Waals surface area contributed by atoms with Gasteiger partial charge in [0.2, 0.25) is 11.8 Å². The zero-order valence-electron chi connectivity index (χ0n) is 16.6. The highest BCUT2D eigenvalue weighted by atomic mass is 16.6. The molecule has 2 heterocycles. The first kappa shape index (κ1) is 20.9. The number of hydrogen-bond acceptors (Lipinski definition) is 6. The summed E-state index contributed by atoms with van der Waals surface area (Å²) in [5.41, 5.74) is 0. The highest BCUT2D eigenvalue weighted by molar-refractivity contribution is 5.83. The Balaban J connectivity index is 1.58. The molecule has 3 amide bonds. The van der Waals surface area contributed by atoms with Crippen molar-refractivity contribution in [1.29, 1.82) is 0 Å². The van der Waals surface area contributed by atoms with Gasteiger partial charge in [-0.25, -0.2) is 4.79 Å². The zero-order chi connectivity index (χ0) is 19.9. The number of ether oxygens (including phenoxy) is 3. The van der Waals surface area contributed by atoms with Gasteiger partial charge in [0.1, 0.15) is 13.2 Å². The van der Waals surface area contributed by atoms with Crippen molar-refractivity contribution in [3.05, 3.63) is 0 Å². The fraction of sp³-hybridized carbons (Fsp3) is 0.842. The van der Waals surface area contributed by atoms with Crippen LogP contribution in [-0.2, 0) is 23.8 Å². The van der Waals surface area contributed by atoms with Crippen LogP contribution in [0.2, 0.25) is 0 Å². The van der Waals surface area contributed by atoms with Gasteiger partial charge in [0.15, 0.2) is 0 Å². The summed E-state index contributed by atoms with van der Waals surface area (Å²) in [5.74, 6) is -0.227. The maximum atomic E-state index is 12.9. The van der Waals surface area contributed by atoms with Crippen LogP contribution in [0.3, 0.4) is 0 Å². The second kappa shape index (κ2) is 10.1. The molecule has 1 N–H and O–H groups in total. The van der Waals surface area contributed by atoms with Crippen molar-refractivity contribution < 1.29 is 28.6 Å². The van der Waals surface area contributed by atoms with Gasteiger partial charge < -0.3 is 24.4 Å². The summed E-state index contributed by atoms with van der Waals surface area (Å²) in [4.78, 5) is 40.2. The Hall–Kier alpha value is -1.87. The standard InChI is InChI=1S/C19H31N3O6/c1-2-8-27-16-4-3-14(18(24)21-5-9-26-10-6-21)12-15(16)20-17(23)13-22-7-11-28-19(22)25/h14-16H,2-13H2,1H3,(H,20,23)/t14-,15+,16+/m0/s1. The molecule has 0 bridgehead atoms. The molecule has 2 saturated heterocycles. The minimum Gasteiger partial charge on any atom is -0.448 e. The number of rotatable bonds is 7. The lowest BCUT2D eigenvalue weighted by Gasteiger charge is -2.38. The number of cyclic esters (lactones) is 1. The Morgan fingerprint density at radius 1 is 1.18 bits per heavy atom. The molecule has 9 heteroatoms. The van der Waals surface area contributed by atoms with Gasteiger partial charge in [0, 0.05) is 25.6 Å². The van der Waals surface area contributed by atoms with E-state index in [-0.39, 0.29) is 36.4 Å². The van der Waals surface area contributed by atoms with Gasteiger partial charge in [-0.15, -0.1) is 0 Å². The van der Waals surface area contributed by atoms with Crippen molar-refractivity contribution in [2.45, 2.75) is 44.8 Å². The van der Waals surface area contributed by atoms with Crippen LogP contribution < -0.4 is 5.32 Å². The largest absolute Gasteiger partial charge is 0.448 e. The Morgan fingerprint density at radius 2 is 1.96 bits per heavy atom. The van der Waals surface area contributed by atoms with E-state index in [1.807, 2.05) is 11.8 Å². The average Bonchev–Trinajstić information content (AvgIpc) is 3.11. The van der Waals surface area contributed by atoms with Crippen molar-refractivity contribution >= 4 is 17.9 Å². The number of morpholine rings is 1. The molecule has 3 fully saturated rings. The molecule has 0 aromatic rings. The number of hydrogen-bond donors (Lipinski definition) is 1. The van der Waals surface area contributed by atoms with Crippen LogP contribution in [0.25, 0.3) is 0 Å². The molecule has 0 radical (unpaired) electrons. The van der Waals surface area contributed by atoms with E-state index in [1.165, 1.54) is 4.90 Å². The van der Waals surface area contributed by atoms with Crippen molar-refractivity contribution in [2.75, 3.05) is 52.6 Å². The van der Waals surface area contributed by atoms with E-state index in [1.54, 1.807) is 0 Å². The molecular formula is C19H31N3O6. The van der Waals surface area contributed by atoms with Crippen molar-refractivity contribution in [3.8, 4) is 0 Å². The fourth-order valence-corrected chi connectivity index (χ4v) is 4.02. The first-order valence-electron chi connectivity index (χ1n) is 10.3. The highest BCUT2D eigenvalue weighted by Gasteiger charge is 2.37. The van der Waals surface area contributed by atoms with Crippen LogP contribution in [0.1, 0.15) is 32.6 Å². The average molecular weight is 397 g/mol. The number of nitrogens with zero attached hydrogens (tertiary/aromatic N) is 2. The molecule has 0 unspecified atom stereocenters. The lowest BCUT2D eigenvalue weighted by Crippen LogP contribution is -2.53. The highest BCUT2D eigenvalue weighted by Crippen LogP contribution is 2.29. The van der Waals surface area contributed by atoms with Crippen LogP contribution >= 0.6 is 0 Å². The second-order valence-corrected chi connectivity index (χ2v) is 7.57. The molecule has 9 nitrogen and oxygen atoms in total. The Bertz CT molecular complexity index is 566. The second-order valence-electron chi connectivity index (χ2n) is 7.57. The van der Waals surface area contributed by atoms with E-state index < -0.39 is 6.09 Å². The molecule has 2 aliphatic heterocycles. The maximum absolute atomic E-state index is 12.9. The van der Waals surface area contributed by atoms with Gasteiger partial charge in [0.25, 0.3) is 0 Å². The van der Waals surface area contributed by atoms with E-state index >= 15 is 0 Å². The Morgan fingerprint density at radius 3 is 2.64 bits per heavy atom. The van der Waals surface area contributed by atoms with Gasteiger partial charge in [-0.2, -0.15) is 0 Å². The topological polar surface area (TPSA) is 97.4 Å². The van der Waals surface area contributed by atoms with Crippen molar-refractivity contribution in [1.82, 2.24) is 15.1 Å². The molecule has 28 heavy (non-hydrogen) atoms. The van der Waals surface area contributed by atoms with Crippen LogP contribution in [0.15, 0.2) is 0 Å². The lowest BCUT2D eigenvalue weighted by molar-refractivity contribution is -0.143. The predicted octanol–water partition coefficient (Wildman–Crippen LogP) is 0.378. The van der Waals surface area contributed by atoms with Crippen molar-refractivity contribution in [3.63, 3.8) is 0 Å². The minimum absolute atomic E-state index is 0.0299. The smallest absolute Gasteiger partial charge is 0.410 e. The summed E-state index contributed by atoms with van der Waals surface area (Å²) in [6.45, 7) is 5.77. The summed E-state index contributed by atoms with van der Waals surface area (Å²) in [7, 11) is 0. The molecule has 1 saturated carbocycles. The van der Waals surface area contributed by atoms with Crippen LogP contribution in [-0.4, -0.2) is 92.5 Å². The Labute approximate surface area is 165 Å². The molecule has 1 aliphatic carbocycles.